The van der Waals surface area contributed by atoms with Gasteiger partial charge in [-0.15, -0.1) is 0 Å². The normalized spacial score (nSPS) is 12.3. The Labute approximate surface area is 113 Å². The molecule has 0 saturated heterocycles. The Balaban J connectivity index is 3.19. The number of esters is 1. The smallest absolute Gasteiger partial charge is 0.305 e. The first-order valence-electron chi connectivity index (χ1n) is 6.90. The van der Waals surface area contributed by atoms with Gasteiger partial charge in [0.1, 0.15) is 0 Å². The summed E-state index contributed by atoms with van der Waals surface area (Å²) < 4.78 is 24.0. The monoisotopic (exact) mass is 278 g/mol. The third-order valence-corrected chi connectivity index (χ3v) is 3.35. The van der Waals surface area contributed by atoms with E-state index in [0.717, 1.165) is 38.5 Å². The number of hydrogen-bond acceptors (Lipinski definition) is 3. The number of ether oxygens (including phenoxy) is 1. The standard InChI is InChI=1S/C13H26O4S/c1-2-3-4-8-11-17-13(14)10-7-5-6-9-12-18(15)16/h2-12H2,1H3,(H,15,16). The van der Waals surface area contributed by atoms with Crippen LogP contribution in [-0.4, -0.2) is 27.1 Å². The molecule has 0 aliphatic carbocycles. The van der Waals surface area contributed by atoms with Crippen LogP contribution >= 0.6 is 0 Å². The number of carbonyl (C=O) groups excluding carboxylic acids is 1. The molecule has 0 saturated carbocycles. The van der Waals surface area contributed by atoms with E-state index < -0.39 is 11.1 Å². The second-order valence-electron chi connectivity index (χ2n) is 4.47. The van der Waals surface area contributed by atoms with E-state index in [1.54, 1.807) is 0 Å². The van der Waals surface area contributed by atoms with Crippen molar-refractivity contribution in [2.24, 2.45) is 0 Å². The van der Waals surface area contributed by atoms with Crippen LogP contribution in [0.2, 0.25) is 0 Å². The molecule has 0 aromatic carbocycles. The van der Waals surface area contributed by atoms with E-state index in [4.69, 9.17) is 9.29 Å². The van der Waals surface area contributed by atoms with Gasteiger partial charge in [0.25, 0.3) is 0 Å². The Morgan fingerprint density at radius 2 is 1.72 bits per heavy atom. The predicted molar refractivity (Wildman–Crippen MR) is 73.8 cm³/mol. The summed E-state index contributed by atoms with van der Waals surface area (Å²) >= 11 is -1.68. The quantitative estimate of drug-likeness (QED) is 0.338. The van der Waals surface area contributed by atoms with Crippen molar-refractivity contribution in [1.82, 2.24) is 0 Å². The van der Waals surface area contributed by atoms with Gasteiger partial charge in [0.15, 0.2) is 11.1 Å². The summed E-state index contributed by atoms with van der Waals surface area (Å²) in [7, 11) is 0. The second kappa shape index (κ2) is 13.0. The lowest BCUT2D eigenvalue weighted by atomic mass is 10.1. The average molecular weight is 278 g/mol. The van der Waals surface area contributed by atoms with Crippen LogP contribution in [0, 0.1) is 0 Å². The molecular weight excluding hydrogens is 252 g/mol. The molecule has 0 aromatic rings. The van der Waals surface area contributed by atoms with Gasteiger partial charge >= 0.3 is 5.97 Å². The van der Waals surface area contributed by atoms with Gasteiger partial charge < -0.3 is 9.29 Å². The zero-order chi connectivity index (χ0) is 13.6. The van der Waals surface area contributed by atoms with Crippen molar-refractivity contribution in [3.05, 3.63) is 0 Å². The molecule has 0 heterocycles. The zero-order valence-corrected chi connectivity index (χ0v) is 12.2. The number of hydrogen-bond donors (Lipinski definition) is 1. The van der Waals surface area contributed by atoms with Crippen LogP contribution in [0.4, 0.5) is 0 Å². The molecule has 0 fully saturated rings. The highest BCUT2D eigenvalue weighted by Crippen LogP contribution is 2.05. The van der Waals surface area contributed by atoms with Crippen LogP contribution in [0.3, 0.4) is 0 Å². The molecule has 5 heteroatoms. The molecule has 1 unspecified atom stereocenters. The van der Waals surface area contributed by atoms with Gasteiger partial charge in [-0.25, -0.2) is 4.21 Å². The van der Waals surface area contributed by atoms with E-state index in [-0.39, 0.29) is 5.97 Å². The minimum absolute atomic E-state index is 0.114. The van der Waals surface area contributed by atoms with Crippen molar-refractivity contribution in [2.45, 2.75) is 64.7 Å². The molecular formula is C13H26O4S. The second-order valence-corrected chi connectivity index (χ2v) is 5.52. The van der Waals surface area contributed by atoms with Gasteiger partial charge in [-0.1, -0.05) is 39.0 Å². The lowest BCUT2D eigenvalue weighted by Crippen LogP contribution is -2.05. The first-order chi connectivity index (χ1) is 8.66. The van der Waals surface area contributed by atoms with Crippen molar-refractivity contribution in [2.75, 3.05) is 12.4 Å². The summed E-state index contributed by atoms with van der Waals surface area (Å²) in [5, 5.41) is 0. The van der Waals surface area contributed by atoms with Crippen LogP contribution in [0.1, 0.15) is 64.7 Å². The van der Waals surface area contributed by atoms with Crippen LogP contribution in [0.15, 0.2) is 0 Å². The van der Waals surface area contributed by atoms with Crippen LogP contribution < -0.4 is 0 Å². The maximum absolute atomic E-state index is 11.3. The molecule has 0 bridgehead atoms. The lowest BCUT2D eigenvalue weighted by Gasteiger charge is -2.04. The molecule has 108 valence electrons. The average Bonchev–Trinajstić information content (AvgIpc) is 2.33. The predicted octanol–water partition coefficient (Wildman–Crippen LogP) is 3.28. The van der Waals surface area contributed by atoms with E-state index in [9.17, 15) is 9.00 Å². The summed E-state index contributed by atoms with van der Waals surface area (Å²) in [5.74, 6) is 0.222. The fourth-order valence-corrected chi connectivity index (χ4v) is 2.09. The molecule has 0 amide bonds. The third kappa shape index (κ3) is 13.6. The van der Waals surface area contributed by atoms with E-state index in [1.165, 1.54) is 12.8 Å². The fraction of sp³-hybridized carbons (Fsp3) is 0.923. The Morgan fingerprint density at radius 1 is 1.06 bits per heavy atom. The van der Waals surface area contributed by atoms with Gasteiger partial charge in [0, 0.05) is 12.2 Å². The fourth-order valence-electron chi connectivity index (χ4n) is 1.64. The van der Waals surface area contributed by atoms with Gasteiger partial charge in [0.2, 0.25) is 0 Å². The molecule has 1 atom stereocenters. The first-order valence-corrected chi connectivity index (χ1v) is 8.17. The minimum atomic E-state index is -1.68. The van der Waals surface area contributed by atoms with E-state index in [2.05, 4.69) is 6.92 Å². The molecule has 18 heavy (non-hydrogen) atoms. The third-order valence-electron chi connectivity index (χ3n) is 2.71. The van der Waals surface area contributed by atoms with Crippen LogP contribution in [0.5, 0.6) is 0 Å². The summed E-state index contributed by atoms with van der Waals surface area (Å²) in [5.41, 5.74) is 0. The topological polar surface area (TPSA) is 63.6 Å². The van der Waals surface area contributed by atoms with Gasteiger partial charge in [0.05, 0.1) is 6.61 Å². The van der Waals surface area contributed by atoms with E-state index in [0.29, 0.717) is 18.8 Å². The Hall–Kier alpha value is -0.420. The molecule has 0 aliphatic heterocycles. The van der Waals surface area contributed by atoms with Crippen molar-refractivity contribution >= 4 is 17.0 Å². The largest absolute Gasteiger partial charge is 0.466 e. The van der Waals surface area contributed by atoms with Crippen LogP contribution in [0.25, 0.3) is 0 Å². The number of unbranched alkanes of at least 4 members (excludes halogenated alkanes) is 6. The van der Waals surface area contributed by atoms with Crippen molar-refractivity contribution in [3.63, 3.8) is 0 Å². The molecule has 4 nitrogen and oxygen atoms in total. The van der Waals surface area contributed by atoms with Gasteiger partial charge in [-0.3, -0.25) is 4.79 Å². The highest BCUT2D eigenvalue weighted by Gasteiger charge is 2.02. The first kappa shape index (κ1) is 17.6. The Kier molecular flexibility index (Phi) is 12.7. The summed E-state index contributed by atoms with van der Waals surface area (Å²) in [4.78, 5) is 11.3. The van der Waals surface area contributed by atoms with Gasteiger partial charge in [-0.2, -0.15) is 0 Å². The maximum atomic E-state index is 11.3. The van der Waals surface area contributed by atoms with Crippen molar-refractivity contribution in [3.8, 4) is 0 Å². The zero-order valence-electron chi connectivity index (χ0n) is 11.4. The minimum Gasteiger partial charge on any atom is -0.466 e. The molecule has 0 spiro atoms. The Bertz CT molecular complexity index is 231. The molecule has 0 rings (SSSR count). The highest BCUT2D eigenvalue weighted by molar-refractivity contribution is 7.79. The summed E-state index contributed by atoms with van der Waals surface area (Å²) in [6.07, 6.45) is 8.32. The SMILES string of the molecule is CCCCCCOC(=O)CCCCCCS(=O)O. The summed E-state index contributed by atoms with van der Waals surface area (Å²) in [6.45, 7) is 2.70. The van der Waals surface area contributed by atoms with E-state index in [1.807, 2.05) is 0 Å². The van der Waals surface area contributed by atoms with Crippen LogP contribution in [-0.2, 0) is 20.6 Å². The molecule has 1 N–H and O–H groups in total. The number of rotatable bonds is 12. The highest BCUT2D eigenvalue weighted by atomic mass is 32.2. The lowest BCUT2D eigenvalue weighted by molar-refractivity contribution is -0.143. The molecule has 0 radical (unpaired) electrons. The van der Waals surface area contributed by atoms with Gasteiger partial charge in [-0.05, 0) is 19.3 Å². The molecule has 0 aliphatic rings. The van der Waals surface area contributed by atoms with Crippen molar-refractivity contribution in [1.29, 1.82) is 0 Å². The maximum Gasteiger partial charge on any atom is 0.305 e. The molecule has 0 aromatic heterocycles. The number of carbonyl (C=O) groups is 1. The van der Waals surface area contributed by atoms with E-state index >= 15 is 0 Å². The Morgan fingerprint density at radius 3 is 2.39 bits per heavy atom. The van der Waals surface area contributed by atoms with Crippen molar-refractivity contribution < 1.29 is 18.3 Å². The summed E-state index contributed by atoms with van der Waals surface area (Å²) in [6, 6.07) is 0.